The van der Waals surface area contributed by atoms with Crippen molar-refractivity contribution < 1.29 is 19.0 Å². The Bertz CT molecular complexity index is 778. The number of para-hydroxylation sites is 2. The third-order valence-electron chi connectivity index (χ3n) is 4.44. The van der Waals surface area contributed by atoms with Crippen LogP contribution in [0.25, 0.3) is 0 Å². The van der Waals surface area contributed by atoms with E-state index in [-0.39, 0.29) is 11.9 Å². The molecule has 1 atom stereocenters. The van der Waals surface area contributed by atoms with Crippen LogP contribution in [0.3, 0.4) is 0 Å². The normalized spacial score (nSPS) is 14.0. The first kappa shape index (κ1) is 18.1. The minimum Gasteiger partial charge on any atom is -0.495 e. The molecule has 0 aromatic heterocycles. The van der Waals surface area contributed by atoms with Gasteiger partial charge in [-0.2, -0.15) is 0 Å². The largest absolute Gasteiger partial charge is 0.495 e. The highest BCUT2D eigenvalue weighted by Gasteiger charge is 2.20. The average Bonchev–Trinajstić information content (AvgIpc) is 2.67. The van der Waals surface area contributed by atoms with Crippen molar-refractivity contribution >= 4 is 11.6 Å². The molecule has 0 radical (unpaired) electrons. The first-order chi connectivity index (χ1) is 12.6. The van der Waals surface area contributed by atoms with Gasteiger partial charge in [-0.25, -0.2) is 0 Å². The molecule has 0 saturated heterocycles. The van der Waals surface area contributed by atoms with Crippen LogP contribution in [0.5, 0.6) is 17.2 Å². The predicted octanol–water partition coefficient (Wildman–Crippen LogP) is 2.93. The van der Waals surface area contributed by atoms with Gasteiger partial charge in [0.2, 0.25) is 5.91 Å². The number of nitrogens with one attached hydrogen (secondary N) is 1. The van der Waals surface area contributed by atoms with Gasteiger partial charge >= 0.3 is 0 Å². The van der Waals surface area contributed by atoms with Crippen LogP contribution in [0.1, 0.15) is 12.5 Å². The number of methoxy groups -OCH3 is 1. The number of hydrogen-bond donors (Lipinski definition) is 1. The molecule has 3 rings (SSSR count). The fourth-order valence-corrected chi connectivity index (χ4v) is 2.80. The van der Waals surface area contributed by atoms with Gasteiger partial charge in [0.1, 0.15) is 19.0 Å². The lowest BCUT2D eigenvalue weighted by Crippen LogP contribution is -2.39. The first-order valence-electron chi connectivity index (χ1n) is 8.61. The third-order valence-corrected chi connectivity index (χ3v) is 4.44. The lowest BCUT2D eigenvalue weighted by Gasteiger charge is -2.25. The Labute approximate surface area is 153 Å². The number of carbonyl (C=O) groups excluding carboxylic acids is 1. The molecule has 0 saturated carbocycles. The fraction of sp³-hybridized carbons (Fsp3) is 0.350. The highest BCUT2D eigenvalue weighted by Crippen LogP contribution is 2.31. The maximum atomic E-state index is 12.6. The summed E-state index contributed by atoms with van der Waals surface area (Å²) < 4.78 is 16.4. The monoisotopic (exact) mass is 356 g/mol. The Hall–Kier alpha value is -2.73. The molecule has 1 heterocycles. The smallest absolute Gasteiger partial charge is 0.241 e. The molecule has 6 heteroatoms. The zero-order valence-corrected chi connectivity index (χ0v) is 15.3. The summed E-state index contributed by atoms with van der Waals surface area (Å²) in [6, 6.07) is 12.9. The van der Waals surface area contributed by atoms with E-state index in [1.165, 1.54) is 0 Å². The van der Waals surface area contributed by atoms with E-state index in [0.717, 1.165) is 17.1 Å². The number of likely N-dealkylation sites (N-methyl/N-ethyl adjacent to an activating group) is 1. The molecule has 26 heavy (non-hydrogen) atoms. The van der Waals surface area contributed by atoms with E-state index < -0.39 is 0 Å². The zero-order valence-electron chi connectivity index (χ0n) is 15.3. The van der Waals surface area contributed by atoms with E-state index in [1.807, 2.05) is 61.3 Å². The summed E-state index contributed by atoms with van der Waals surface area (Å²) in [7, 11) is 3.51. The average molecular weight is 356 g/mol. The molecule has 0 bridgehead atoms. The van der Waals surface area contributed by atoms with Crippen molar-refractivity contribution in [1.82, 2.24) is 4.90 Å². The quantitative estimate of drug-likeness (QED) is 0.862. The van der Waals surface area contributed by atoms with Gasteiger partial charge < -0.3 is 19.5 Å². The van der Waals surface area contributed by atoms with Gasteiger partial charge in [0.05, 0.1) is 18.8 Å². The third kappa shape index (κ3) is 4.08. The Balaban J connectivity index is 1.63. The van der Waals surface area contributed by atoms with E-state index in [1.54, 1.807) is 7.11 Å². The van der Waals surface area contributed by atoms with Crippen molar-refractivity contribution in [3.63, 3.8) is 0 Å². The van der Waals surface area contributed by atoms with Gasteiger partial charge in [-0.1, -0.05) is 18.2 Å². The summed E-state index contributed by atoms with van der Waals surface area (Å²) in [6.07, 6.45) is 0. The standard InChI is InChI=1S/C20H24N2O4/c1-14(20(23)21-16-6-4-5-7-17(16)24-3)22(2)13-15-8-9-18-19(12-15)26-11-10-25-18/h4-9,12,14H,10-11,13H2,1-3H3,(H,21,23)/t14-/m0/s1. The number of nitrogens with zero attached hydrogens (tertiary/aromatic N) is 1. The molecule has 1 N–H and O–H groups in total. The van der Waals surface area contributed by atoms with Crippen LogP contribution < -0.4 is 19.5 Å². The minimum atomic E-state index is -0.312. The number of ether oxygens (including phenoxy) is 3. The molecule has 0 spiro atoms. The molecular weight excluding hydrogens is 332 g/mol. The predicted molar refractivity (Wildman–Crippen MR) is 100.0 cm³/mol. The number of fused-ring (bicyclic) bond motifs is 1. The highest BCUT2D eigenvalue weighted by atomic mass is 16.6. The van der Waals surface area contributed by atoms with Gasteiger partial charge in [0, 0.05) is 6.54 Å². The van der Waals surface area contributed by atoms with Gasteiger partial charge in [-0.3, -0.25) is 9.69 Å². The topological polar surface area (TPSA) is 60.0 Å². The molecule has 2 aromatic rings. The number of rotatable bonds is 6. The Morgan fingerprint density at radius 3 is 2.69 bits per heavy atom. The molecule has 0 aliphatic carbocycles. The van der Waals surface area contributed by atoms with Crippen molar-refractivity contribution in [3.8, 4) is 17.2 Å². The summed E-state index contributed by atoms with van der Waals surface area (Å²) in [5, 5.41) is 2.93. The van der Waals surface area contributed by atoms with Crippen LogP contribution in [0.2, 0.25) is 0 Å². The number of amides is 1. The van der Waals surface area contributed by atoms with Crippen molar-refractivity contribution in [2.75, 3.05) is 32.7 Å². The molecule has 1 aliphatic heterocycles. The molecule has 2 aromatic carbocycles. The second kappa shape index (κ2) is 8.10. The van der Waals surface area contributed by atoms with Crippen LogP contribution in [0, 0.1) is 0 Å². The fourth-order valence-electron chi connectivity index (χ4n) is 2.80. The molecule has 0 unspecified atom stereocenters. The number of carbonyl (C=O) groups is 1. The maximum Gasteiger partial charge on any atom is 0.241 e. The summed E-state index contributed by atoms with van der Waals surface area (Å²) in [5.41, 5.74) is 1.73. The van der Waals surface area contributed by atoms with Crippen molar-refractivity contribution in [3.05, 3.63) is 48.0 Å². The van der Waals surface area contributed by atoms with Gasteiger partial charge in [-0.05, 0) is 43.8 Å². The van der Waals surface area contributed by atoms with Crippen LogP contribution in [-0.4, -0.2) is 44.2 Å². The van der Waals surface area contributed by atoms with Crippen LogP contribution in [0.15, 0.2) is 42.5 Å². The number of anilines is 1. The van der Waals surface area contributed by atoms with Crippen LogP contribution >= 0.6 is 0 Å². The second-order valence-electron chi connectivity index (χ2n) is 6.26. The molecule has 0 fully saturated rings. The van der Waals surface area contributed by atoms with Crippen molar-refractivity contribution in [2.45, 2.75) is 19.5 Å². The minimum absolute atomic E-state index is 0.0884. The zero-order chi connectivity index (χ0) is 18.5. The van der Waals surface area contributed by atoms with Crippen LogP contribution in [-0.2, 0) is 11.3 Å². The van der Waals surface area contributed by atoms with Crippen LogP contribution in [0.4, 0.5) is 5.69 Å². The second-order valence-corrected chi connectivity index (χ2v) is 6.26. The van der Waals surface area contributed by atoms with Crippen molar-refractivity contribution in [2.24, 2.45) is 0 Å². The van der Waals surface area contributed by atoms with E-state index in [4.69, 9.17) is 14.2 Å². The lowest BCUT2D eigenvalue weighted by atomic mass is 10.1. The summed E-state index contributed by atoms with van der Waals surface area (Å²) >= 11 is 0. The van der Waals surface area contributed by atoms with Gasteiger partial charge in [0.25, 0.3) is 0 Å². The van der Waals surface area contributed by atoms with E-state index in [2.05, 4.69) is 5.32 Å². The van der Waals surface area contributed by atoms with E-state index >= 15 is 0 Å². The number of hydrogen-bond acceptors (Lipinski definition) is 5. The van der Waals surface area contributed by atoms with Crippen molar-refractivity contribution in [1.29, 1.82) is 0 Å². The lowest BCUT2D eigenvalue weighted by molar-refractivity contribution is -0.120. The molecule has 1 aliphatic rings. The summed E-state index contributed by atoms with van der Waals surface area (Å²) in [5.74, 6) is 2.08. The molecular formula is C20H24N2O4. The molecule has 138 valence electrons. The Morgan fingerprint density at radius 2 is 1.92 bits per heavy atom. The Morgan fingerprint density at radius 1 is 1.19 bits per heavy atom. The van der Waals surface area contributed by atoms with Gasteiger partial charge in [-0.15, -0.1) is 0 Å². The first-order valence-corrected chi connectivity index (χ1v) is 8.61. The number of benzene rings is 2. The van der Waals surface area contributed by atoms with E-state index in [9.17, 15) is 4.79 Å². The summed E-state index contributed by atoms with van der Waals surface area (Å²) in [4.78, 5) is 14.6. The Kier molecular flexibility index (Phi) is 5.63. The van der Waals surface area contributed by atoms with E-state index in [0.29, 0.717) is 31.2 Å². The summed E-state index contributed by atoms with van der Waals surface area (Å²) in [6.45, 7) is 3.64. The SMILES string of the molecule is COc1ccccc1NC(=O)[C@H](C)N(C)Cc1ccc2c(c1)OCCO2. The molecule has 1 amide bonds. The molecule has 6 nitrogen and oxygen atoms in total. The highest BCUT2D eigenvalue weighted by molar-refractivity contribution is 5.95. The van der Waals surface area contributed by atoms with Gasteiger partial charge in [0.15, 0.2) is 11.5 Å². The maximum absolute atomic E-state index is 12.6.